The SMILES string of the molecule is Cc1c(Nc2ccc(Br)cc2F)c(C(=O)O)cn(C)c1=O. The number of carboxylic acids is 1. The average Bonchev–Trinajstić information content (AvgIpc) is 2.41. The van der Waals surface area contributed by atoms with Crippen molar-refractivity contribution in [2.75, 3.05) is 5.32 Å². The van der Waals surface area contributed by atoms with Crippen LogP contribution in [0.3, 0.4) is 0 Å². The van der Waals surface area contributed by atoms with Crippen LogP contribution in [0.5, 0.6) is 0 Å². The summed E-state index contributed by atoms with van der Waals surface area (Å²) in [6, 6.07) is 4.32. The van der Waals surface area contributed by atoms with Gasteiger partial charge in [-0.3, -0.25) is 4.79 Å². The van der Waals surface area contributed by atoms with Crippen molar-refractivity contribution in [2.45, 2.75) is 6.92 Å². The zero-order valence-corrected chi connectivity index (χ0v) is 12.9. The summed E-state index contributed by atoms with van der Waals surface area (Å²) in [6.45, 7) is 1.49. The second-order valence-electron chi connectivity index (χ2n) is 4.51. The zero-order chi connectivity index (χ0) is 15.7. The van der Waals surface area contributed by atoms with Crippen molar-refractivity contribution in [2.24, 2.45) is 7.05 Å². The maximum atomic E-state index is 13.9. The number of hydrogen-bond donors (Lipinski definition) is 2. The molecule has 1 heterocycles. The largest absolute Gasteiger partial charge is 0.478 e. The summed E-state index contributed by atoms with van der Waals surface area (Å²) in [5, 5.41) is 11.9. The second-order valence-corrected chi connectivity index (χ2v) is 5.43. The van der Waals surface area contributed by atoms with Gasteiger partial charge in [0.05, 0.1) is 16.9 Å². The highest BCUT2D eigenvalue weighted by Crippen LogP contribution is 2.26. The third-order valence-electron chi connectivity index (χ3n) is 3.03. The van der Waals surface area contributed by atoms with E-state index in [0.29, 0.717) is 4.47 Å². The van der Waals surface area contributed by atoms with Crippen LogP contribution in [0.2, 0.25) is 0 Å². The van der Waals surface area contributed by atoms with E-state index < -0.39 is 11.8 Å². The van der Waals surface area contributed by atoms with Gasteiger partial charge in [0.1, 0.15) is 5.82 Å². The molecule has 0 radical (unpaired) electrons. The van der Waals surface area contributed by atoms with Gasteiger partial charge in [0.25, 0.3) is 5.56 Å². The van der Waals surface area contributed by atoms with E-state index in [1.165, 1.54) is 36.9 Å². The van der Waals surface area contributed by atoms with Crippen LogP contribution in [0.15, 0.2) is 33.7 Å². The number of pyridine rings is 1. The normalized spacial score (nSPS) is 10.5. The molecule has 0 unspecified atom stereocenters. The van der Waals surface area contributed by atoms with Crippen LogP contribution in [0.25, 0.3) is 0 Å². The van der Waals surface area contributed by atoms with Gasteiger partial charge in [-0.1, -0.05) is 15.9 Å². The van der Waals surface area contributed by atoms with Crippen LogP contribution in [0.1, 0.15) is 15.9 Å². The zero-order valence-electron chi connectivity index (χ0n) is 11.3. The van der Waals surface area contributed by atoms with E-state index in [-0.39, 0.29) is 28.1 Å². The maximum Gasteiger partial charge on any atom is 0.339 e. The molecule has 21 heavy (non-hydrogen) atoms. The summed E-state index contributed by atoms with van der Waals surface area (Å²) in [5.74, 6) is -1.76. The fraction of sp³-hybridized carbons (Fsp3) is 0.143. The number of carboxylic acid groups (broad SMARTS) is 1. The average molecular weight is 355 g/mol. The lowest BCUT2D eigenvalue weighted by Gasteiger charge is -2.14. The first kappa shape index (κ1) is 15.2. The first-order valence-corrected chi connectivity index (χ1v) is 6.76. The van der Waals surface area contributed by atoms with Crippen LogP contribution in [0.4, 0.5) is 15.8 Å². The van der Waals surface area contributed by atoms with E-state index in [0.717, 1.165) is 0 Å². The molecule has 0 saturated heterocycles. The van der Waals surface area contributed by atoms with Crippen molar-refractivity contribution in [3.8, 4) is 0 Å². The van der Waals surface area contributed by atoms with E-state index in [9.17, 15) is 19.1 Å². The maximum absolute atomic E-state index is 13.9. The van der Waals surface area contributed by atoms with Crippen molar-refractivity contribution in [1.29, 1.82) is 0 Å². The molecule has 0 aliphatic carbocycles. The highest BCUT2D eigenvalue weighted by Gasteiger charge is 2.17. The van der Waals surface area contributed by atoms with Gasteiger partial charge in [0.15, 0.2) is 0 Å². The number of aromatic nitrogens is 1. The molecule has 0 atom stereocenters. The highest BCUT2D eigenvalue weighted by atomic mass is 79.9. The predicted molar refractivity (Wildman–Crippen MR) is 80.8 cm³/mol. The number of benzene rings is 1. The predicted octanol–water partition coefficient (Wildman–Crippen LogP) is 3.04. The Labute approximate surface area is 128 Å². The minimum Gasteiger partial charge on any atom is -0.478 e. The third kappa shape index (κ3) is 2.97. The van der Waals surface area contributed by atoms with Gasteiger partial charge in [-0.15, -0.1) is 0 Å². The van der Waals surface area contributed by atoms with Gasteiger partial charge < -0.3 is 15.0 Å². The summed E-state index contributed by atoms with van der Waals surface area (Å²) in [5.41, 5.74) is -0.0551. The lowest BCUT2D eigenvalue weighted by Crippen LogP contribution is -2.23. The van der Waals surface area contributed by atoms with E-state index >= 15 is 0 Å². The molecule has 0 amide bonds. The third-order valence-corrected chi connectivity index (χ3v) is 3.52. The van der Waals surface area contributed by atoms with Gasteiger partial charge in [-0.2, -0.15) is 0 Å². The number of anilines is 2. The second kappa shape index (κ2) is 5.69. The van der Waals surface area contributed by atoms with Crippen LogP contribution in [0, 0.1) is 12.7 Å². The Hall–Kier alpha value is -2.15. The molecular formula is C14H12BrFN2O3. The van der Waals surface area contributed by atoms with Gasteiger partial charge in [-0.25, -0.2) is 9.18 Å². The van der Waals surface area contributed by atoms with E-state index in [1.54, 1.807) is 6.07 Å². The molecule has 0 aliphatic rings. The number of carbonyl (C=O) groups is 1. The molecule has 5 nitrogen and oxygen atoms in total. The molecule has 0 saturated carbocycles. The number of nitrogens with zero attached hydrogens (tertiary/aromatic N) is 1. The lowest BCUT2D eigenvalue weighted by atomic mass is 10.1. The molecule has 0 bridgehead atoms. The van der Waals surface area contributed by atoms with Crippen molar-refractivity contribution >= 4 is 33.3 Å². The smallest absolute Gasteiger partial charge is 0.339 e. The summed E-state index contributed by atoms with van der Waals surface area (Å²) < 4.78 is 15.6. The molecule has 0 fully saturated rings. The Bertz CT molecular complexity index is 787. The Morgan fingerprint density at radius 3 is 2.67 bits per heavy atom. The molecule has 0 aliphatic heterocycles. The molecule has 2 aromatic rings. The Kier molecular flexibility index (Phi) is 4.13. The highest BCUT2D eigenvalue weighted by molar-refractivity contribution is 9.10. The van der Waals surface area contributed by atoms with Crippen molar-refractivity contribution in [3.63, 3.8) is 0 Å². The fourth-order valence-corrected chi connectivity index (χ4v) is 2.27. The monoisotopic (exact) mass is 354 g/mol. The van der Waals surface area contributed by atoms with Gasteiger partial charge >= 0.3 is 5.97 Å². The first-order valence-electron chi connectivity index (χ1n) is 5.97. The topological polar surface area (TPSA) is 71.3 Å². The molecule has 1 aromatic carbocycles. The Morgan fingerprint density at radius 1 is 1.43 bits per heavy atom. The Balaban J connectivity index is 2.60. The molecular weight excluding hydrogens is 343 g/mol. The van der Waals surface area contributed by atoms with Crippen molar-refractivity contribution < 1.29 is 14.3 Å². The van der Waals surface area contributed by atoms with Crippen molar-refractivity contribution in [1.82, 2.24) is 4.57 Å². The minimum absolute atomic E-state index is 0.0897. The number of rotatable bonds is 3. The summed E-state index contributed by atoms with van der Waals surface area (Å²) in [6.07, 6.45) is 1.21. The van der Waals surface area contributed by atoms with Gasteiger partial charge in [0, 0.05) is 23.3 Å². The van der Waals surface area contributed by atoms with E-state index in [2.05, 4.69) is 21.2 Å². The van der Waals surface area contributed by atoms with Crippen LogP contribution < -0.4 is 10.9 Å². The van der Waals surface area contributed by atoms with Gasteiger partial charge in [-0.05, 0) is 25.1 Å². The minimum atomic E-state index is -1.20. The van der Waals surface area contributed by atoms with Crippen molar-refractivity contribution in [3.05, 3.63) is 56.2 Å². The fourth-order valence-electron chi connectivity index (χ4n) is 1.94. The van der Waals surface area contributed by atoms with Crippen LogP contribution in [-0.2, 0) is 7.05 Å². The molecule has 110 valence electrons. The number of halogens is 2. The van der Waals surface area contributed by atoms with E-state index in [4.69, 9.17) is 0 Å². The van der Waals surface area contributed by atoms with Crippen LogP contribution in [-0.4, -0.2) is 15.6 Å². The summed E-state index contributed by atoms with van der Waals surface area (Å²) >= 11 is 3.14. The number of aryl methyl sites for hydroxylation is 1. The summed E-state index contributed by atoms with van der Waals surface area (Å²) in [4.78, 5) is 23.2. The summed E-state index contributed by atoms with van der Waals surface area (Å²) in [7, 11) is 1.46. The quantitative estimate of drug-likeness (QED) is 0.888. The number of aromatic carboxylic acids is 1. The molecule has 2 N–H and O–H groups in total. The molecule has 2 rings (SSSR count). The standard InChI is InChI=1S/C14H12BrFN2O3/c1-7-12(9(14(20)21)6-18(2)13(7)19)17-11-4-3-8(15)5-10(11)16/h3-6,17H,1-2H3,(H,20,21). The van der Waals surface area contributed by atoms with E-state index in [1.807, 2.05) is 0 Å². The molecule has 1 aromatic heterocycles. The van der Waals surface area contributed by atoms with Gasteiger partial charge in [0.2, 0.25) is 0 Å². The van der Waals surface area contributed by atoms with Crippen LogP contribution >= 0.6 is 15.9 Å². The number of hydrogen-bond acceptors (Lipinski definition) is 3. The molecule has 7 heteroatoms. The Morgan fingerprint density at radius 2 is 2.10 bits per heavy atom. The number of nitrogens with one attached hydrogen (secondary N) is 1. The lowest BCUT2D eigenvalue weighted by molar-refractivity contribution is 0.0697. The molecule has 0 spiro atoms. The first-order chi connectivity index (χ1) is 9.81.